The molecule has 0 saturated carbocycles. The minimum atomic E-state index is -0.490. The van der Waals surface area contributed by atoms with E-state index in [-0.39, 0.29) is 23.1 Å². The van der Waals surface area contributed by atoms with Crippen LogP contribution in [0.25, 0.3) is 0 Å². The van der Waals surface area contributed by atoms with Crippen molar-refractivity contribution in [2.24, 2.45) is 0 Å². The standard InChI is InChI=1S/C31H28FN7O/c32-25-8-3-1-6-23(25)31(40)38-18-16-37(17-19-38)20-21-11-13-22(14-12-21)28(33)39-27-10-5-15-35-30(27)36-26-9-4-2-7-24(26)29(39)34/h1-15,33-34H,16-20H2,(H,35,36). The van der Waals surface area contributed by atoms with Crippen LogP contribution in [0.15, 0.2) is 91.1 Å². The van der Waals surface area contributed by atoms with E-state index in [9.17, 15) is 9.18 Å². The lowest BCUT2D eigenvalue weighted by atomic mass is 10.1. The lowest BCUT2D eigenvalue weighted by Crippen LogP contribution is -2.48. The van der Waals surface area contributed by atoms with Crippen LogP contribution in [0.5, 0.6) is 0 Å². The lowest BCUT2D eigenvalue weighted by Gasteiger charge is -2.35. The van der Waals surface area contributed by atoms with Crippen molar-refractivity contribution in [3.8, 4) is 0 Å². The van der Waals surface area contributed by atoms with E-state index in [1.165, 1.54) is 12.1 Å². The number of benzene rings is 3. The van der Waals surface area contributed by atoms with Crippen LogP contribution in [0.1, 0.15) is 27.0 Å². The van der Waals surface area contributed by atoms with E-state index in [2.05, 4.69) is 15.2 Å². The molecule has 0 aliphatic carbocycles. The first kappa shape index (κ1) is 25.4. The minimum Gasteiger partial charge on any atom is -0.338 e. The van der Waals surface area contributed by atoms with Gasteiger partial charge in [0.05, 0.1) is 16.9 Å². The van der Waals surface area contributed by atoms with E-state index in [4.69, 9.17) is 10.8 Å². The first-order chi connectivity index (χ1) is 19.5. The molecule has 2 aliphatic heterocycles. The van der Waals surface area contributed by atoms with E-state index in [1.54, 1.807) is 34.2 Å². The Balaban J connectivity index is 1.14. The molecule has 0 radical (unpaired) electrons. The van der Waals surface area contributed by atoms with Gasteiger partial charge in [-0.05, 0) is 42.0 Å². The molecule has 0 bridgehead atoms. The third kappa shape index (κ3) is 4.83. The zero-order valence-electron chi connectivity index (χ0n) is 21.8. The molecule has 3 heterocycles. The second kappa shape index (κ2) is 10.7. The monoisotopic (exact) mass is 533 g/mol. The predicted molar refractivity (Wildman–Crippen MR) is 154 cm³/mol. The van der Waals surface area contributed by atoms with Crippen molar-refractivity contribution in [3.63, 3.8) is 0 Å². The van der Waals surface area contributed by atoms with Crippen LogP contribution in [0.4, 0.5) is 21.6 Å². The molecule has 1 fully saturated rings. The van der Waals surface area contributed by atoms with Crippen molar-refractivity contribution >= 4 is 34.8 Å². The maximum atomic E-state index is 14.1. The van der Waals surface area contributed by atoms with Gasteiger partial charge >= 0.3 is 0 Å². The smallest absolute Gasteiger partial charge is 0.256 e. The maximum Gasteiger partial charge on any atom is 0.256 e. The van der Waals surface area contributed by atoms with Crippen LogP contribution in [0, 0.1) is 16.6 Å². The number of hydrogen-bond acceptors (Lipinski definition) is 6. The number of nitrogens with zero attached hydrogens (tertiary/aromatic N) is 4. The second-order valence-electron chi connectivity index (χ2n) is 9.82. The fourth-order valence-corrected chi connectivity index (χ4v) is 5.14. The number of fused-ring (bicyclic) bond motifs is 2. The molecule has 3 aromatic carbocycles. The highest BCUT2D eigenvalue weighted by Gasteiger charge is 2.28. The van der Waals surface area contributed by atoms with Gasteiger partial charge in [-0.25, -0.2) is 9.37 Å². The molecular formula is C31H28FN7O. The van der Waals surface area contributed by atoms with Gasteiger partial charge in [-0.15, -0.1) is 0 Å². The number of anilines is 3. The zero-order valence-corrected chi connectivity index (χ0v) is 21.8. The average molecular weight is 534 g/mol. The predicted octanol–water partition coefficient (Wildman–Crippen LogP) is 5.09. The molecule has 1 saturated heterocycles. The van der Waals surface area contributed by atoms with Gasteiger partial charge in [0, 0.05) is 50.0 Å². The molecule has 0 unspecified atom stereocenters. The van der Waals surface area contributed by atoms with Crippen molar-refractivity contribution in [1.29, 1.82) is 10.8 Å². The summed E-state index contributed by atoms with van der Waals surface area (Å²) in [6, 6.07) is 25.1. The van der Waals surface area contributed by atoms with Gasteiger partial charge in [-0.1, -0.05) is 48.5 Å². The first-order valence-electron chi connectivity index (χ1n) is 13.1. The highest BCUT2D eigenvalue weighted by atomic mass is 19.1. The number of rotatable bonds is 4. The Morgan fingerprint density at radius 1 is 0.900 bits per heavy atom. The molecule has 0 atom stereocenters. The number of para-hydroxylation sites is 1. The number of amides is 1. The van der Waals surface area contributed by atoms with Crippen LogP contribution in [-0.4, -0.2) is 58.5 Å². The van der Waals surface area contributed by atoms with Crippen molar-refractivity contribution < 1.29 is 9.18 Å². The summed E-state index contributed by atoms with van der Waals surface area (Å²) in [5, 5.41) is 21.3. The highest BCUT2D eigenvalue weighted by molar-refractivity contribution is 6.30. The van der Waals surface area contributed by atoms with Crippen LogP contribution in [0.2, 0.25) is 0 Å². The summed E-state index contributed by atoms with van der Waals surface area (Å²) in [5.41, 5.74) is 3.99. The summed E-state index contributed by atoms with van der Waals surface area (Å²) in [6.07, 6.45) is 1.69. The Labute approximate surface area is 231 Å². The average Bonchev–Trinajstić information content (AvgIpc) is 3.11. The normalized spacial score (nSPS) is 15.1. The van der Waals surface area contributed by atoms with E-state index in [0.29, 0.717) is 55.4 Å². The van der Waals surface area contributed by atoms with Crippen LogP contribution in [0.3, 0.4) is 0 Å². The summed E-state index contributed by atoms with van der Waals surface area (Å²) in [6.45, 7) is 3.17. The Morgan fingerprint density at radius 2 is 1.62 bits per heavy atom. The molecule has 3 N–H and O–H groups in total. The van der Waals surface area contributed by atoms with E-state index in [0.717, 1.165) is 11.3 Å². The van der Waals surface area contributed by atoms with E-state index >= 15 is 0 Å². The van der Waals surface area contributed by atoms with Crippen molar-refractivity contribution in [2.45, 2.75) is 6.54 Å². The van der Waals surface area contributed by atoms with Gasteiger partial charge in [0.2, 0.25) is 0 Å². The minimum absolute atomic E-state index is 0.115. The number of carbonyl (C=O) groups is 1. The Hall–Kier alpha value is -4.89. The summed E-state index contributed by atoms with van der Waals surface area (Å²) in [4.78, 5) is 22.8. The van der Waals surface area contributed by atoms with Crippen molar-refractivity contribution in [3.05, 3.63) is 119 Å². The van der Waals surface area contributed by atoms with Crippen molar-refractivity contribution in [2.75, 3.05) is 36.4 Å². The number of piperazine rings is 1. The molecule has 200 valence electrons. The van der Waals surface area contributed by atoms with Gasteiger partial charge in [0.1, 0.15) is 17.5 Å². The zero-order chi connectivity index (χ0) is 27.6. The largest absolute Gasteiger partial charge is 0.338 e. The lowest BCUT2D eigenvalue weighted by molar-refractivity contribution is 0.0624. The summed E-state index contributed by atoms with van der Waals surface area (Å²) < 4.78 is 14.1. The number of nitrogens with one attached hydrogen (secondary N) is 3. The fraction of sp³-hybridized carbons (Fsp3) is 0.161. The second-order valence-corrected chi connectivity index (χ2v) is 9.82. The number of aromatic nitrogens is 1. The topological polar surface area (TPSA) is 99.4 Å². The third-order valence-corrected chi connectivity index (χ3v) is 7.31. The molecule has 4 aromatic rings. The maximum absolute atomic E-state index is 14.1. The fourth-order valence-electron chi connectivity index (χ4n) is 5.14. The van der Waals surface area contributed by atoms with Crippen molar-refractivity contribution in [1.82, 2.24) is 14.8 Å². The number of amidine groups is 2. The number of carbonyl (C=O) groups excluding carboxylic acids is 1. The number of halogens is 1. The highest BCUT2D eigenvalue weighted by Crippen LogP contribution is 2.34. The van der Waals surface area contributed by atoms with Gasteiger partial charge in [0.15, 0.2) is 5.82 Å². The first-order valence-corrected chi connectivity index (χ1v) is 13.1. The molecule has 1 amide bonds. The molecule has 2 aliphatic rings. The SMILES string of the molecule is N=C(c1ccc(CN2CCN(C(=O)c3ccccc3F)CC2)cc1)N1C(=N)c2ccccc2Nc2ncccc21. The number of hydrogen-bond donors (Lipinski definition) is 3. The van der Waals surface area contributed by atoms with Crippen LogP contribution < -0.4 is 10.2 Å². The Bertz CT molecular complexity index is 1600. The van der Waals surface area contributed by atoms with Crippen LogP contribution >= 0.6 is 0 Å². The summed E-state index contributed by atoms with van der Waals surface area (Å²) in [7, 11) is 0. The number of pyridine rings is 1. The molecule has 1 aromatic heterocycles. The molecule has 40 heavy (non-hydrogen) atoms. The quantitative estimate of drug-likeness (QED) is 0.251. The van der Waals surface area contributed by atoms with Gasteiger partial charge in [-0.3, -0.25) is 25.4 Å². The van der Waals surface area contributed by atoms with Crippen LogP contribution in [-0.2, 0) is 6.54 Å². The van der Waals surface area contributed by atoms with Gasteiger partial charge < -0.3 is 10.2 Å². The Morgan fingerprint density at radius 3 is 2.40 bits per heavy atom. The summed E-state index contributed by atoms with van der Waals surface area (Å²) >= 11 is 0. The van der Waals surface area contributed by atoms with E-state index in [1.807, 2.05) is 54.6 Å². The third-order valence-electron chi connectivity index (χ3n) is 7.31. The molecule has 8 nitrogen and oxygen atoms in total. The van der Waals surface area contributed by atoms with E-state index < -0.39 is 5.82 Å². The molecule has 9 heteroatoms. The molecule has 0 spiro atoms. The van der Waals surface area contributed by atoms with Gasteiger partial charge in [-0.2, -0.15) is 0 Å². The molecule has 6 rings (SSSR count). The summed E-state index contributed by atoms with van der Waals surface area (Å²) in [5.74, 6) is 0.216. The Kier molecular flexibility index (Phi) is 6.79. The van der Waals surface area contributed by atoms with Gasteiger partial charge in [0.25, 0.3) is 5.91 Å². The molecular weight excluding hydrogens is 505 g/mol.